The average molecular weight is 256 g/mol. The van der Waals surface area contributed by atoms with Gasteiger partial charge in [0, 0.05) is 28.9 Å². The van der Waals surface area contributed by atoms with Crippen molar-refractivity contribution < 1.29 is 14.3 Å². The van der Waals surface area contributed by atoms with Crippen LogP contribution >= 0.6 is 0 Å². The lowest BCUT2D eigenvalue weighted by Gasteiger charge is -2.07. The van der Waals surface area contributed by atoms with E-state index in [2.05, 4.69) is 9.97 Å². The number of pyridine rings is 1. The number of H-pyrrole nitrogens is 1. The SMILES string of the molecule is O=C(O)c1ncccc1-c1ccc2cc[nH]c2c1F. The minimum atomic E-state index is -1.18. The summed E-state index contributed by atoms with van der Waals surface area (Å²) in [5.41, 5.74) is 0.689. The summed E-state index contributed by atoms with van der Waals surface area (Å²) >= 11 is 0. The zero-order chi connectivity index (χ0) is 13.4. The van der Waals surface area contributed by atoms with Crippen molar-refractivity contribution >= 4 is 16.9 Å². The van der Waals surface area contributed by atoms with E-state index in [0.29, 0.717) is 5.52 Å². The van der Waals surface area contributed by atoms with Crippen LogP contribution in [0.5, 0.6) is 0 Å². The van der Waals surface area contributed by atoms with E-state index in [-0.39, 0.29) is 16.8 Å². The zero-order valence-electron chi connectivity index (χ0n) is 9.72. The van der Waals surface area contributed by atoms with Crippen LogP contribution in [-0.4, -0.2) is 21.0 Å². The zero-order valence-corrected chi connectivity index (χ0v) is 9.72. The standard InChI is InChI=1S/C14H9FN2O2/c15-11-9(4-3-8-5-7-17-12(8)11)10-2-1-6-16-13(10)14(18)19/h1-7,17H,(H,18,19). The molecule has 19 heavy (non-hydrogen) atoms. The quantitative estimate of drug-likeness (QED) is 0.740. The molecule has 0 aliphatic carbocycles. The number of aromatic nitrogens is 2. The molecular formula is C14H9FN2O2. The molecule has 0 fully saturated rings. The fraction of sp³-hybridized carbons (Fsp3) is 0. The Balaban J connectivity index is 2.30. The van der Waals surface area contributed by atoms with Crippen molar-refractivity contribution in [3.05, 3.63) is 54.2 Å². The second-order valence-electron chi connectivity index (χ2n) is 4.07. The highest BCUT2D eigenvalue weighted by Crippen LogP contribution is 2.29. The lowest BCUT2D eigenvalue weighted by molar-refractivity contribution is 0.0691. The molecule has 5 heteroatoms. The van der Waals surface area contributed by atoms with Crippen LogP contribution in [0.2, 0.25) is 0 Å². The van der Waals surface area contributed by atoms with Gasteiger partial charge in [0.05, 0.1) is 5.52 Å². The molecule has 0 aliphatic rings. The molecule has 3 aromatic rings. The van der Waals surface area contributed by atoms with Crippen LogP contribution < -0.4 is 0 Å². The first kappa shape index (κ1) is 11.4. The Morgan fingerprint density at radius 3 is 2.84 bits per heavy atom. The molecule has 2 aromatic heterocycles. The summed E-state index contributed by atoms with van der Waals surface area (Å²) in [7, 11) is 0. The molecule has 3 rings (SSSR count). The number of aromatic carboxylic acids is 1. The van der Waals surface area contributed by atoms with E-state index in [9.17, 15) is 9.18 Å². The highest BCUT2D eigenvalue weighted by molar-refractivity contribution is 5.95. The Hall–Kier alpha value is -2.69. The van der Waals surface area contributed by atoms with Crippen molar-refractivity contribution in [3.63, 3.8) is 0 Å². The number of aromatic amines is 1. The molecule has 0 bridgehead atoms. The van der Waals surface area contributed by atoms with Gasteiger partial charge in [-0.05, 0) is 12.1 Å². The van der Waals surface area contributed by atoms with Crippen LogP contribution in [0.4, 0.5) is 4.39 Å². The van der Waals surface area contributed by atoms with Crippen molar-refractivity contribution in [3.8, 4) is 11.1 Å². The van der Waals surface area contributed by atoms with E-state index in [1.54, 1.807) is 36.5 Å². The fourth-order valence-corrected chi connectivity index (χ4v) is 2.09. The second-order valence-corrected chi connectivity index (χ2v) is 4.07. The summed E-state index contributed by atoms with van der Waals surface area (Å²) in [4.78, 5) is 17.7. The molecule has 0 aliphatic heterocycles. The van der Waals surface area contributed by atoms with E-state index in [0.717, 1.165) is 5.39 Å². The predicted octanol–water partition coefficient (Wildman–Crippen LogP) is 3.07. The van der Waals surface area contributed by atoms with Gasteiger partial charge in [0.15, 0.2) is 11.5 Å². The largest absolute Gasteiger partial charge is 0.476 e. The molecule has 2 N–H and O–H groups in total. The van der Waals surface area contributed by atoms with Gasteiger partial charge in [-0.2, -0.15) is 0 Å². The molecular weight excluding hydrogens is 247 g/mol. The molecule has 0 saturated carbocycles. The first-order chi connectivity index (χ1) is 9.18. The van der Waals surface area contributed by atoms with Gasteiger partial charge in [0.2, 0.25) is 0 Å². The molecule has 0 amide bonds. The minimum Gasteiger partial charge on any atom is -0.476 e. The number of fused-ring (bicyclic) bond motifs is 1. The van der Waals surface area contributed by atoms with E-state index >= 15 is 0 Å². The van der Waals surface area contributed by atoms with Crippen molar-refractivity contribution in [1.82, 2.24) is 9.97 Å². The molecule has 1 aromatic carbocycles. The first-order valence-corrected chi connectivity index (χ1v) is 5.63. The molecule has 0 atom stereocenters. The molecule has 0 saturated heterocycles. The normalized spacial score (nSPS) is 10.8. The van der Waals surface area contributed by atoms with Gasteiger partial charge in [0.1, 0.15) is 0 Å². The number of hydrogen-bond donors (Lipinski definition) is 2. The summed E-state index contributed by atoms with van der Waals surface area (Å²) in [6, 6.07) is 8.19. The first-order valence-electron chi connectivity index (χ1n) is 5.63. The Labute approximate surface area is 107 Å². The Morgan fingerprint density at radius 2 is 2.05 bits per heavy atom. The van der Waals surface area contributed by atoms with E-state index in [1.165, 1.54) is 6.20 Å². The third-order valence-corrected chi connectivity index (χ3v) is 2.97. The maximum absolute atomic E-state index is 14.4. The number of nitrogens with one attached hydrogen (secondary N) is 1. The molecule has 0 unspecified atom stereocenters. The van der Waals surface area contributed by atoms with Gasteiger partial charge in [-0.15, -0.1) is 0 Å². The summed E-state index contributed by atoms with van der Waals surface area (Å²) in [6.45, 7) is 0. The van der Waals surface area contributed by atoms with E-state index in [4.69, 9.17) is 5.11 Å². The number of rotatable bonds is 2. The smallest absolute Gasteiger partial charge is 0.355 e. The lowest BCUT2D eigenvalue weighted by atomic mass is 10.0. The monoisotopic (exact) mass is 256 g/mol. The minimum absolute atomic E-state index is 0.160. The van der Waals surface area contributed by atoms with Crippen LogP contribution in [0.1, 0.15) is 10.5 Å². The highest BCUT2D eigenvalue weighted by Gasteiger charge is 2.17. The lowest BCUT2D eigenvalue weighted by Crippen LogP contribution is -2.03. The number of carboxylic acid groups (broad SMARTS) is 1. The van der Waals surface area contributed by atoms with Crippen LogP contribution in [-0.2, 0) is 0 Å². The van der Waals surface area contributed by atoms with Crippen molar-refractivity contribution in [2.24, 2.45) is 0 Å². The van der Waals surface area contributed by atoms with Crippen LogP contribution in [0.15, 0.2) is 42.7 Å². The number of hydrogen-bond acceptors (Lipinski definition) is 2. The maximum Gasteiger partial charge on any atom is 0.355 e. The number of benzene rings is 1. The van der Waals surface area contributed by atoms with Crippen LogP contribution in [0.3, 0.4) is 0 Å². The van der Waals surface area contributed by atoms with E-state index in [1.807, 2.05) is 0 Å². The highest BCUT2D eigenvalue weighted by atomic mass is 19.1. The fourth-order valence-electron chi connectivity index (χ4n) is 2.09. The Kier molecular flexibility index (Phi) is 2.52. The summed E-state index contributed by atoms with van der Waals surface area (Å²) < 4.78 is 14.4. The van der Waals surface area contributed by atoms with Crippen LogP contribution in [0, 0.1) is 5.82 Å². The van der Waals surface area contributed by atoms with Gasteiger partial charge < -0.3 is 10.1 Å². The van der Waals surface area contributed by atoms with Gasteiger partial charge in [-0.3, -0.25) is 0 Å². The third kappa shape index (κ3) is 1.76. The molecule has 4 nitrogen and oxygen atoms in total. The van der Waals surface area contributed by atoms with Gasteiger partial charge in [0.25, 0.3) is 0 Å². The average Bonchev–Trinajstić information content (AvgIpc) is 2.88. The maximum atomic E-state index is 14.4. The number of carboxylic acids is 1. The summed E-state index contributed by atoms with van der Waals surface area (Å²) in [5, 5.41) is 9.84. The summed E-state index contributed by atoms with van der Waals surface area (Å²) in [6.07, 6.45) is 3.01. The third-order valence-electron chi connectivity index (χ3n) is 2.97. The second kappa shape index (κ2) is 4.20. The molecule has 2 heterocycles. The van der Waals surface area contributed by atoms with Crippen molar-refractivity contribution in [2.45, 2.75) is 0 Å². The number of carbonyl (C=O) groups is 1. The molecule has 0 spiro atoms. The topological polar surface area (TPSA) is 66.0 Å². The van der Waals surface area contributed by atoms with Crippen LogP contribution in [0.25, 0.3) is 22.0 Å². The van der Waals surface area contributed by atoms with Gasteiger partial charge in [-0.25, -0.2) is 14.2 Å². The summed E-state index contributed by atoms with van der Waals surface area (Å²) in [5.74, 6) is -1.65. The number of halogens is 1. The predicted molar refractivity (Wildman–Crippen MR) is 68.4 cm³/mol. The van der Waals surface area contributed by atoms with Crippen molar-refractivity contribution in [2.75, 3.05) is 0 Å². The van der Waals surface area contributed by atoms with Crippen molar-refractivity contribution in [1.29, 1.82) is 0 Å². The van der Waals surface area contributed by atoms with Gasteiger partial charge >= 0.3 is 5.97 Å². The molecule has 0 radical (unpaired) electrons. The molecule has 94 valence electrons. The van der Waals surface area contributed by atoms with Gasteiger partial charge in [-0.1, -0.05) is 18.2 Å². The Bertz CT molecular complexity index is 780. The van der Waals surface area contributed by atoms with E-state index < -0.39 is 11.8 Å². The Morgan fingerprint density at radius 1 is 1.21 bits per heavy atom. The number of nitrogens with zero attached hydrogens (tertiary/aromatic N) is 1.